The average Bonchev–Trinajstić information content (AvgIpc) is 2.40. The quantitative estimate of drug-likeness (QED) is 0.756. The molecule has 0 aromatic heterocycles. The molecular weight excluding hydrogens is 274 g/mol. The lowest BCUT2D eigenvalue weighted by Crippen LogP contribution is -2.12. The molecule has 20 heavy (non-hydrogen) atoms. The molecule has 2 aromatic rings. The molecule has 5 N–H and O–H groups in total. The molecule has 1 unspecified atom stereocenters. The highest BCUT2D eigenvalue weighted by Crippen LogP contribution is 2.27. The fourth-order valence-electron chi connectivity index (χ4n) is 1.93. The Morgan fingerprint density at radius 3 is 2.60 bits per heavy atom. The Hall–Kier alpha value is -2.20. The number of carbonyl (C=O) groups is 1. The Morgan fingerprint density at radius 2 is 2.00 bits per heavy atom. The van der Waals surface area contributed by atoms with E-state index in [1.807, 2.05) is 31.2 Å². The largest absolute Gasteiger partial charge is 0.399 e. The molecule has 0 saturated carbocycles. The molecule has 0 fully saturated rings. The van der Waals surface area contributed by atoms with Crippen molar-refractivity contribution >= 4 is 28.9 Å². The first-order chi connectivity index (χ1) is 9.47. The maximum atomic E-state index is 11.1. The van der Waals surface area contributed by atoms with Crippen molar-refractivity contribution in [3.63, 3.8) is 0 Å². The van der Waals surface area contributed by atoms with Gasteiger partial charge in [0.05, 0.1) is 10.7 Å². The van der Waals surface area contributed by atoms with Gasteiger partial charge in [0.1, 0.15) is 0 Å². The van der Waals surface area contributed by atoms with Crippen molar-refractivity contribution in [3.8, 4) is 0 Å². The van der Waals surface area contributed by atoms with Gasteiger partial charge in [0.25, 0.3) is 0 Å². The predicted molar refractivity (Wildman–Crippen MR) is 82.9 cm³/mol. The minimum atomic E-state index is -0.498. The van der Waals surface area contributed by atoms with E-state index in [-0.39, 0.29) is 6.04 Å². The molecule has 0 aliphatic heterocycles. The fraction of sp³-hybridized carbons (Fsp3) is 0.133. The Labute approximate surface area is 122 Å². The highest BCUT2D eigenvalue weighted by Gasteiger charge is 2.10. The van der Waals surface area contributed by atoms with Crippen LogP contribution in [-0.2, 0) is 0 Å². The standard InChI is InChI=1S/C15H16ClN3O/c1-9(10-3-2-4-12(17)7-10)19-14-6-5-11(15(18)20)8-13(14)16/h2-9,19H,17H2,1H3,(H2,18,20). The van der Waals surface area contributed by atoms with Crippen LogP contribution in [0, 0.1) is 0 Å². The number of carbonyl (C=O) groups excluding carboxylic acids is 1. The van der Waals surface area contributed by atoms with Gasteiger partial charge in [-0.2, -0.15) is 0 Å². The zero-order chi connectivity index (χ0) is 14.7. The minimum absolute atomic E-state index is 0.0374. The minimum Gasteiger partial charge on any atom is -0.399 e. The summed E-state index contributed by atoms with van der Waals surface area (Å²) < 4.78 is 0. The molecule has 4 nitrogen and oxygen atoms in total. The van der Waals surface area contributed by atoms with Crippen LogP contribution in [0.4, 0.5) is 11.4 Å². The SMILES string of the molecule is CC(Nc1ccc(C(N)=O)cc1Cl)c1cccc(N)c1. The first kappa shape index (κ1) is 14.2. The van der Waals surface area contributed by atoms with Crippen molar-refractivity contribution < 1.29 is 4.79 Å². The summed E-state index contributed by atoms with van der Waals surface area (Å²) in [5.74, 6) is -0.498. The lowest BCUT2D eigenvalue weighted by Gasteiger charge is -2.17. The normalized spacial score (nSPS) is 11.9. The summed E-state index contributed by atoms with van der Waals surface area (Å²) in [5.41, 5.74) is 13.9. The summed E-state index contributed by atoms with van der Waals surface area (Å²) in [6.07, 6.45) is 0. The molecule has 0 saturated heterocycles. The molecular formula is C15H16ClN3O. The second kappa shape index (κ2) is 5.84. The zero-order valence-electron chi connectivity index (χ0n) is 11.1. The van der Waals surface area contributed by atoms with Gasteiger partial charge in [-0.3, -0.25) is 4.79 Å². The zero-order valence-corrected chi connectivity index (χ0v) is 11.8. The van der Waals surface area contributed by atoms with E-state index < -0.39 is 5.91 Å². The Balaban J connectivity index is 2.19. The van der Waals surface area contributed by atoms with Crippen LogP contribution >= 0.6 is 11.6 Å². The number of hydrogen-bond acceptors (Lipinski definition) is 3. The number of hydrogen-bond donors (Lipinski definition) is 3. The van der Waals surface area contributed by atoms with Crippen molar-refractivity contribution in [1.29, 1.82) is 0 Å². The molecule has 0 spiro atoms. The van der Waals surface area contributed by atoms with Crippen LogP contribution in [0.5, 0.6) is 0 Å². The molecule has 0 aliphatic carbocycles. The van der Waals surface area contributed by atoms with E-state index in [0.717, 1.165) is 11.3 Å². The fourth-order valence-corrected chi connectivity index (χ4v) is 2.17. The van der Waals surface area contributed by atoms with Gasteiger partial charge >= 0.3 is 0 Å². The van der Waals surface area contributed by atoms with Crippen LogP contribution in [0.3, 0.4) is 0 Å². The van der Waals surface area contributed by atoms with Gasteiger partial charge in [-0.1, -0.05) is 23.7 Å². The lowest BCUT2D eigenvalue weighted by molar-refractivity contribution is 0.100. The first-order valence-electron chi connectivity index (χ1n) is 6.18. The van der Waals surface area contributed by atoms with Crippen LogP contribution in [0.25, 0.3) is 0 Å². The third-order valence-electron chi connectivity index (χ3n) is 3.04. The lowest BCUT2D eigenvalue weighted by atomic mass is 10.1. The van der Waals surface area contributed by atoms with Gasteiger partial charge in [-0.05, 0) is 42.8 Å². The van der Waals surface area contributed by atoms with Crippen LogP contribution in [0.2, 0.25) is 5.02 Å². The second-order valence-corrected chi connectivity index (χ2v) is 5.00. The van der Waals surface area contributed by atoms with Crippen LogP contribution in [0.15, 0.2) is 42.5 Å². The Morgan fingerprint density at radius 1 is 1.25 bits per heavy atom. The highest BCUT2D eigenvalue weighted by molar-refractivity contribution is 6.33. The number of nitrogens with one attached hydrogen (secondary N) is 1. The van der Waals surface area contributed by atoms with Crippen molar-refractivity contribution in [1.82, 2.24) is 0 Å². The molecule has 0 bridgehead atoms. The maximum absolute atomic E-state index is 11.1. The second-order valence-electron chi connectivity index (χ2n) is 4.60. The molecule has 0 aliphatic rings. The summed E-state index contributed by atoms with van der Waals surface area (Å²) in [5, 5.41) is 3.74. The van der Waals surface area contributed by atoms with Crippen LogP contribution in [-0.4, -0.2) is 5.91 Å². The smallest absolute Gasteiger partial charge is 0.248 e. The van der Waals surface area contributed by atoms with E-state index in [9.17, 15) is 4.79 Å². The van der Waals surface area contributed by atoms with Crippen LogP contribution in [0.1, 0.15) is 28.9 Å². The van der Waals surface area contributed by atoms with Crippen LogP contribution < -0.4 is 16.8 Å². The van der Waals surface area contributed by atoms with Gasteiger partial charge in [0, 0.05) is 17.3 Å². The van der Waals surface area contributed by atoms with Gasteiger partial charge in [0.2, 0.25) is 5.91 Å². The number of benzene rings is 2. The number of primary amides is 1. The number of nitrogens with two attached hydrogens (primary N) is 2. The average molecular weight is 290 g/mol. The molecule has 1 atom stereocenters. The topological polar surface area (TPSA) is 81.1 Å². The van der Waals surface area contributed by atoms with Gasteiger partial charge in [-0.25, -0.2) is 0 Å². The maximum Gasteiger partial charge on any atom is 0.248 e. The highest BCUT2D eigenvalue weighted by atomic mass is 35.5. The number of rotatable bonds is 4. The molecule has 2 rings (SSSR count). The summed E-state index contributed by atoms with van der Waals surface area (Å²) in [7, 11) is 0. The van der Waals surface area contributed by atoms with E-state index in [2.05, 4.69) is 5.32 Å². The molecule has 0 heterocycles. The van der Waals surface area contributed by atoms with E-state index in [1.165, 1.54) is 0 Å². The van der Waals surface area contributed by atoms with Gasteiger partial charge < -0.3 is 16.8 Å². The van der Waals surface area contributed by atoms with Gasteiger partial charge in [-0.15, -0.1) is 0 Å². The summed E-state index contributed by atoms with van der Waals surface area (Å²) >= 11 is 6.14. The monoisotopic (exact) mass is 289 g/mol. The van der Waals surface area contributed by atoms with Crippen molar-refractivity contribution in [3.05, 3.63) is 58.6 Å². The molecule has 2 aromatic carbocycles. The van der Waals surface area contributed by atoms with E-state index in [4.69, 9.17) is 23.1 Å². The third kappa shape index (κ3) is 3.22. The number of nitrogen functional groups attached to an aromatic ring is 1. The van der Waals surface area contributed by atoms with Crippen molar-refractivity contribution in [2.45, 2.75) is 13.0 Å². The van der Waals surface area contributed by atoms with Crippen molar-refractivity contribution in [2.24, 2.45) is 5.73 Å². The van der Waals surface area contributed by atoms with E-state index in [0.29, 0.717) is 16.3 Å². The number of amides is 1. The van der Waals surface area contributed by atoms with Crippen molar-refractivity contribution in [2.75, 3.05) is 11.1 Å². The number of anilines is 2. The molecule has 104 valence electrons. The van der Waals surface area contributed by atoms with E-state index in [1.54, 1.807) is 18.2 Å². The predicted octanol–water partition coefficient (Wildman–Crippen LogP) is 3.19. The summed E-state index contributed by atoms with van der Waals surface area (Å²) in [4.78, 5) is 11.1. The third-order valence-corrected chi connectivity index (χ3v) is 3.35. The first-order valence-corrected chi connectivity index (χ1v) is 6.56. The Kier molecular flexibility index (Phi) is 4.15. The molecule has 1 amide bonds. The van der Waals surface area contributed by atoms with Gasteiger partial charge in [0.15, 0.2) is 0 Å². The summed E-state index contributed by atoms with van der Waals surface area (Å²) in [6.45, 7) is 2.01. The summed E-state index contributed by atoms with van der Waals surface area (Å²) in [6, 6.07) is 12.6. The molecule has 0 radical (unpaired) electrons. The molecule has 5 heteroatoms. The van der Waals surface area contributed by atoms with E-state index >= 15 is 0 Å². The number of halogens is 1. The Bertz CT molecular complexity index is 643.